The third-order valence-electron chi connectivity index (χ3n) is 2.56. The van der Waals surface area contributed by atoms with Crippen molar-refractivity contribution in [2.45, 2.75) is 13.8 Å². The summed E-state index contributed by atoms with van der Waals surface area (Å²) in [5, 5.41) is 11.0. The van der Waals surface area contributed by atoms with Gasteiger partial charge in [0.25, 0.3) is 5.69 Å². The fourth-order valence-corrected chi connectivity index (χ4v) is 1.65. The van der Waals surface area contributed by atoms with E-state index in [1.54, 1.807) is 19.9 Å². The maximum atomic E-state index is 10.7. The molecular weight excluding hydrogens is 270 g/mol. The van der Waals surface area contributed by atoms with Gasteiger partial charge in [-0.15, -0.1) is 0 Å². The highest BCUT2D eigenvalue weighted by Crippen LogP contribution is 2.29. The lowest BCUT2D eigenvalue weighted by atomic mass is 10.2. The van der Waals surface area contributed by atoms with E-state index < -0.39 is 4.92 Å². The van der Waals surface area contributed by atoms with Gasteiger partial charge < -0.3 is 4.74 Å². The van der Waals surface area contributed by atoms with E-state index in [0.29, 0.717) is 27.9 Å². The number of nitro benzene ring substituents is 1. The van der Waals surface area contributed by atoms with Gasteiger partial charge in [0, 0.05) is 17.2 Å². The number of ether oxygens (including phenoxy) is 1. The van der Waals surface area contributed by atoms with Gasteiger partial charge in [-0.25, -0.2) is 9.97 Å². The average molecular weight is 280 g/mol. The topological polar surface area (TPSA) is 78.2 Å². The highest BCUT2D eigenvalue weighted by molar-refractivity contribution is 6.30. The van der Waals surface area contributed by atoms with Gasteiger partial charge in [0.1, 0.15) is 17.2 Å². The van der Waals surface area contributed by atoms with Crippen molar-refractivity contribution in [1.29, 1.82) is 0 Å². The molecule has 0 saturated carbocycles. The van der Waals surface area contributed by atoms with Crippen LogP contribution in [0.15, 0.2) is 24.5 Å². The SMILES string of the molecule is Cc1cc(Oc2ncnc(Cl)c2C)ccc1[N+](=O)[O-]. The molecule has 0 spiro atoms. The molecule has 0 amide bonds. The van der Waals surface area contributed by atoms with E-state index in [9.17, 15) is 10.1 Å². The molecule has 0 aliphatic rings. The molecule has 0 aliphatic heterocycles. The van der Waals surface area contributed by atoms with E-state index >= 15 is 0 Å². The normalized spacial score (nSPS) is 10.3. The minimum atomic E-state index is -0.439. The summed E-state index contributed by atoms with van der Waals surface area (Å²) in [6.07, 6.45) is 1.29. The molecule has 6 nitrogen and oxygen atoms in total. The summed E-state index contributed by atoms with van der Waals surface area (Å²) in [5.74, 6) is 0.786. The quantitative estimate of drug-likeness (QED) is 0.488. The number of halogens is 1. The first-order valence-corrected chi connectivity index (χ1v) is 5.77. The fraction of sp³-hybridized carbons (Fsp3) is 0.167. The number of hydrogen-bond donors (Lipinski definition) is 0. The molecule has 98 valence electrons. The van der Waals surface area contributed by atoms with Crippen LogP contribution in [-0.4, -0.2) is 14.9 Å². The van der Waals surface area contributed by atoms with Gasteiger partial charge in [-0.05, 0) is 26.0 Å². The first-order chi connectivity index (χ1) is 8.99. The third-order valence-corrected chi connectivity index (χ3v) is 2.94. The summed E-state index contributed by atoms with van der Waals surface area (Å²) in [7, 11) is 0. The molecule has 19 heavy (non-hydrogen) atoms. The van der Waals surface area contributed by atoms with Crippen LogP contribution in [0.25, 0.3) is 0 Å². The molecule has 0 fully saturated rings. The Morgan fingerprint density at radius 1 is 1.32 bits per heavy atom. The number of aryl methyl sites for hydroxylation is 1. The Morgan fingerprint density at radius 2 is 2.05 bits per heavy atom. The van der Waals surface area contributed by atoms with Gasteiger partial charge in [0.05, 0.1) is 4.92 Å². The van der Waals surface area contributed by atoms with Crippen LogP contribution in [0.5, 0.6) is 11.6 Å². The Bertz CT molecular complexity index is 646. The minimum Gasteiger partial charge on any atom is -0.439 e. The number of nitrogens with zero attached hydrogens (tertiary/aromatic N) is 3. The predicted octanol–water partition coefficient (Wildman–Crippen LogP) is 3.45. The van der Waals surface area contributed by atoms with Crippen molar-refractivity contribution in [3.63, 3.8) is 0 Å². The highest BCUT2D eigenvalue weighted by Gasteiger charge is 2.12. The molecule has 1 aromatic heterocycles. The molecule has 0 bridgehead atoms. The number of aromatic nitrogens is 2. The molecule has 0 aliphatic carbocycles. The molecule has 1 aromatic carbocycles. The van der Waals surface area contributed by atoms with Gasteiger partial charge in [0.2, 0.25) is 5.88 Å². The van der Waals surface area contributed by atoms with Crippen LogP contribution >= 0.6 is 11.6 Å². The molecule has 2 aromatic rings. The maximum Gasteiger partial charge on any atom is 0.272 e. The molecule has 0 N–H and O–H groups in total. The second-order valence-corrected chi connectivity index (χ2v) is 4.26. The van der Waals surface area contributed by atoms with Crippen LogP contribution in [0.3, 0.4) is 0 Å². The van der Waals surface area contributed by atoms with E-state index in [2.05, 4.69) is 9.97 Å². The summed E-state index contributed by atoms with van der Waals surface area (Å²) in [6, 6.07) is 4.48. The van der Waals surface area contributed by atoms with Crippen LogP contribution in [-0.2, 0) is 0 Å². The van der Waals surface area contributed by atoms with Crippen molar-refractivity contribution in [3.8, 4) is 11.6 Å². The summed E-state index contributed by atoms with van der Waals surface area (Å²) < 4.78 is 5.55. The molecule has 2 rings (SSSR count). The number of nitro groups is 1. The van der Waals surface area contributed by atoms with E-state index in [1.807, 2.05) is 0 Å². The molecule has 7 heteroatoms. The van der Waals surface area contributed by atoms with Crippen LogP contribution < -0.4 is 4.74 Å². The zero-order chi connectivity index (χ0) is 14.0. The largest absolute Gasteiger partial charge is 0.439 e. The predicted molar refractivity (Wildman–Crippen MR) is 69.7 cm³/mol. The molecule has 0 unspecified atom stereocenters. The Kier molecular flexibility index (Phi) is 3.62. The molecule has 0 radical (unpaired) electrons. The molecule has 1 heterocycles. The van der Waals surface area contributed by atoms with Gasteiger partial charge in [-0.2, -0.15) is 0 Å². The third kappa shape index (κ3) is 2.79. The molecule has 0 atom stereocenters. The average Bonchev–Trinajstić information content (AvgIpc) is 2.34. The van der Waals surface area contributed by atoms with Crippen molar-refractivity contribution >= 4 is 17.3 Å². The molecular formula is C12H10ClN3O3. The van der Waals surface area contributed by atoms with E-state index in [4.69, 9.17) is 16.3 Å². The summed E-state index contributed by atoms with van der Waals surface area (Å²) in [5.41, 5.74) is 1.17. The van der Waals surface area contributed by atoms with Crippen molar-refractivity contribution < 1.29 is 9.66 Å². The van der Waals surface area contributed by atoms with E-state index in [1.165, 1.54) is 18.5 Å². The number of hydrogen-bond acceptors (Lipinski definition) is 5. The standard InChI is InChI=1S/C12H10ClN3O3/c1-7-5-9(3-4-10(7)16(17)18)19-12-8(2)11(13)14-6-15-12/h3-6H,1-2H3. The Morgan fingerprint density at radius 3 is 2.68 bits per heavy atom. The van der Waals surface area contributed by atoms with Gasteiger partial charge in [-0.1, -0.05) is 11.6 Å². The van der Waals surface area contributed by atoms with Crippen LogP contribution in [0.2, 0.25) is 5.15 Å². The summed E-state index contributed by atoms with van der Waals surface area (Å²) >= 11 is 5.86. The first kappa shape index (κ1) is 13.2. The zero-order valence-corrected chi connectivity index (χ0v) is 11.0. The minimum absolute atomic E-state index is 0.0461. The Labute approximate surface area is 114 Å². The lowest BCUT2D eigenvalue weighted by Gasteiger charge is -2.08. The van der Waals surface area contributed by atoms with E-state index in [-0.39, 0.29) is 5.69 Å². The zero-order valence-electron chi connectivity index (χ0n) is 10.3. The first-order valence-electron chi connectivity index (χ1n) is 5.39. The van der Waals surface area contributed by atoms with Gasteiger partial charge >= 0.3 is 0 Å². The van der Waals surface area contributed by atoms with Crippen molar-refractivity contribution in [1.82, 2.24) is 9.97 Å². The van der Waals surface area contributed by atoms with Crippen molar-refractivity contribution in [3.05, 3.63) is 50.9 Å². The van der Waals surface area contributed by atoms with Crippen LogP contribution in [0.1, 0.15) is 11.1 Å². The van der Waals surface area contributed by atoms with Gasteiger partial charge in [0.15, 0.2) is 0 Å². The van der Waals surface area contributed by atoms with Crippen LogP contribution in [0, 0.1) is 24.0 Å². The molecule has 0 saturated heterocycles. The van der Waals surface area contributed by atoms with E-state index in [0.717, 1.165) is 0 Å². The highest BCUT2D eigenvalue weighted by atomic mass is 35.5. The fourth-order valence-electron chi connectivity index (χ4n) is 1.52. The monoisotopic (exact) mass is 279 g/mol. The smallest absolute Gasteiger partial charge is 0.272 e. The summed E-state index contributed by atoms with van der Waals surface area (Å²) in [4.78, 5) is 18.1. The van der Waals surface area contributed by atoms with Crippen molar-refractivity contribution in [2.24, 2.45) is 0 Å². The number of rotatable bonds is 3. The lowest BCUT2D eigenvalue weighted by molar-refractivity contribution is -0.385. The second kappa shape index (κ2) is 5.19. The Hall–Kier alpha value is -2.21. The van der Waals surface area contributed by atoms with Crippen molar-refractivity contribution in [2.75, 3.05) is 0 Å². The maximum absolute atomic E-state index is 10.7. The summed E-state index contributed by atoms with van der Waals surface area (Å²) in [6.45, 7) is 3.38. The number of benzene rings is 1. The Balaban J connectivity index is 2.32. The second-order valence-electron chi connectivity index (χ2n) is 3.90. The van der Waals surface area contributed by atoms with Gasteiger partial charge in [-0.3, -0.25) is 10.1 Å². The lowest BCUT2D eigenvalue weighted by Crippen LogP contribution is -1.95. The van der Waals surface area contributed by atoms with Crippen LogP contribution in [0.4, 0.5) is 5.69 Å².